The second-order valence-corrected chi connectivity index (χ2v) is 8.02. The van der Waals surface area contributed by atoms with Crippen molar-refractivity contribution in [3.8, 4) is 0 Å². The Morgan fingerprint density at radius 3 is 2.42 bits per heavy atom. The highest BCUT2D eigenvalue weighted by Gasteiger charge is 2.25. The Hall–Kier alpha value is -2.63. The third kappa shape index (κ3) is 5.44. The van der Waals surface area contributed by atoms with E-state index in [0.29, 0.717) is 5.56 Å². The number of carbonyl (C=O) groups excluding carboxylic acids is 2. The van der Waals surface area contributed by atoms with Crippen LogP contribution >= 0.6 is 0 Å². The first kappa shape index (κ1) is 19.7. The smallest absolute Gasteiger partial charge is 0.407 e. The van der Waals surface area contributed by atoms with Crippen molar-refractivity contribution in [2.24, 2.45) is 0 Å². The minimum absolute atomic E-state index is 0.206. The number of carbonyl (C=O) groups is 2. The molecule has 1 aromatic carbocycles. The van der Waals surface area contributed by atoms with Gasteiger partial charge in [0, 0.05) is 17.6 Å². The van der Waals surface area contributed by atoms with Crippen LogP contribution in [0.3, 0.4) is 0 Å². The number of rotatable bonds is 4. The summed E-state index contributed by atoms with van der Waals surface area (Å²) >= 11 is 0. The highest BCUT2D eigenvalue weighted by Crippen LogP contribution is 2.19. The van der Waals surface area contributed by atoms with Crippen molar-refractivity contribution in [1.29, 1.82) is 0 Å². The molecule has 0 saturated heterocycles. The van der Waals surface area contributed by atoms with Crippen molar-refractivity contribution in [3.05, 3.63) is 41.6 Å². The highest BCUT2D eigenvalue weighted by molar-refractivity contribution is 6.06. The van der Waals surface area contributed by atoms with E-state index in [-0.39, 0.29) is 12.5 Å². The zero-order chi connectivity index (χ0) is 19.5. The summed E-state index contributed by atoms with van der Waals surface area (Å²) in [5.41, 5.74) is 0.913. The van der Waals surface area contributed by atoms with Gasteiger partial charge < -0.3 is 15.4 Å². The zero-order valence-corrected chi connectivity index (χ0v) is 16.3. The molecule has 0 radical (unpaired) electrons. The molecule has 0 saturated carbocycles. The molecular formula is C20H27N3O3. The number of benzene rings is 1. The van der Waals surface area contributed by atoms with Crippen LogP contribution in [-0.4, -0.2) is 34.7 Å². The molecule has 0 atom stereocenters. The van der Waals surface area contributed by atoms with Crippen molar-refractivity contribution in [1.82, 2.24) is 15.6 Å². The Balaban J connectivity index is 2.10. The molecule has 2 N–H and O–H groups in total. The summed E-state index contributed by atoms with van der Waals surface area (Å²) in [6.07, 6.45) is -0.509. The van der Waals surface area contributed by atoms with Crippen molar-refractivity contribution in [2.75, 3.05) is 6.54 Å². The van der Waals surface area contributed by atoms with E-state index in [9.17, 15) is 9.59 Å². The maximum atomic E-state index is 12.8. The molecular weight excluding hydrogens is 330 g/mol. The van der Waals surface area contributed by atoms with Gasteiger partial charge in [0.1, 0.15) is 5.60 Å². The summed E-state index contributed by atoms with van der Waals surface area (Å²) < 4.78 is 5.23. The molecule has 0 fully saturated rings. The van der Waals surface area contributed by atoms with E-state index in [1.807, 2.05) is 45.0 Å². The minimum atomic E-state index is -0.647. The quantitative estimate of drug-likeness (QED) is 0.876. The van der Waals surface area contributed by atoms with Gasteiger partial charge in [0.25, 0.3) is 5.91 Å². The summed E-state index contributed by atoms with van der Waals surface area (Å²) in [7, 11) is 0. The summed E-state index contributed by atoms with van der Waals surface area (Å²) in [4.78, 5) is 29.1. The fraction of sp³-hybridized carbons (Fsp3) is 0.450. The Kier molecular flexibility index (Phi) is 5.54. The summed E-state index contributed by atoms with van der Waals surface area (Å²) in [5, 5.41) is 6.47. The van der Waals surface area contributed by atoms with Gasteiger partial charge in [-0.3, -0.25) is 9.78 Å². The van der Waals surface area contributed by atoms with Gasteiger partial charge in [-0.15, -0.1) is 0 Å². The number of amides is 2. The van der Waals surface area contributed by atoms with Crippen LogP contribution in [0, 0.1) is 6.92 Å². The van der Waals surface area contributed by atoms with Crippen LogP contribution in [-0.2, 0) is 4.74 Å². The predicted molar refractivity (Wildman–Crippen MR) is 102 cm³/mol. The number of fused-ring (bicyclic) bond motifs is 1. The van der Waals surface area contributed by atoms with Crippen molar-refractivity contribution in [3.63, 3.8) is 0 Å². The van der Waals surface area contributed by atoms with Gasteiger partial charge >= 0.3 is 6.09 Å². The van der Waals surface area contributed by atoms with E-state index in [0.717, 1.165) is 16.6 Å². The second kappa shape index (κ2) is 7.32. The molecule has 0 aliphatic carbocycles. The summed E-state index contributed by atoms with van der Waals surface area (Å²) in [6.45, 7) is 11.2. The molecule has 0 bridgehead atoms. The average Bonchev–Trinajstić information content (AvgIpc) is 2.50. The third-order valence-electron chi connectivity index (χ3n) is 3.61. The normalized spacial score (nSPS) is 11.9. The van der Waals surface area contributed by atoms with Gasteiger partial charge in [0.05, 0.1) is 16.6 Å². The van der Waals surface area contributed by atoms with Crippen LogP contribution in [0.15, 0.2) is 30.3 Å². The van der Waals surface area contributed by atoms with Crippen LogP contribution in [0.5, 0.6) is 0 Å². The molecule has 140 valence electrons. The van der Waals surface area contributed by atoms with E-state index in [2.05, 4.69) is 15.6 Å². The summed E-state index contributed by atoms with van der Waals surface area (Å²) in [5.74, 6) is -0.206. The predicted octanol–water partition coefficient (Wildman–Crippen LogP) is 3.58. The number of hydrogen-bond acceptors (Lipinski definition) is 4. The van der Waals surface area contributed by atoms with Gasteiger partial charge in [0.2, 0.25) is 0 Å². The number of ether oxygens (including phenoxy) is 1. The van der Waals surface area contributed by atoms with Gasteiger partial charge in [-0.05, 0) is 53.7 Å². The first-order valence-corrected chi connectivity index (χ1v) is 8.63. The van der Waals surface area contributed by atoms with Crippen LogP contribution in [0.25, 0.3) is 10.9 Å². The number of aryl methyl sites for hydroxylation is 1. The van der Waals surface area contributed by atoms with Crippen LogP contribution < -0.4 is 10.6 Å². The van der Waals surface area contributed by atoms with Crippen molar-refractivity contribution in [2.45, 2.75) is 52.7 Å². The zero-order valence-electron chi connectivity index (χ0n) is 16.3. The maximum Gasteiger partial charge on any atom is 0.407 e. The molecule has 26 heavy (non-hydrogen) atoms. The first-order chi connectivity index (χ1) is 12.0. The molecule has 0 unspecified atom stereocenters. The molecule has 6 heteroatoms. The molecule has 2 amide bonds. The molecule has 0 aliphatic rings. The molecule has 1 heterocycles. The number of nitrogens with one attached hydrogen (secondary N) is 2. The lowest BCUT2D eigenvalue weighted by molar-refractivity contribution is 0.0509. The number of nitrogens with zero attached hydrogens (tertiary/aromatic N) is 1. The topological polar surface area (TPSA) is 80.3 Å². The lowest BCUT2D eigenvalue weighted by atomic mass is 10.0. The maximum absolute atomic E-state index is 12.8. The Morgan fingerprint density at radius 2 is 1.77 bits per heavy atom. The monoisotopic (exact) mass is 357 g/mol. The molecule has 0 aliphatic heterocycles. The molecule has 6 nitrogen and oxygen atoms in total. The first-order valence-electron chi connectivity index (χ1n) is 8.63. The van der Waals surface area contributed by atoms with Gasteiger partial charge in [0.15, 0.2) is 0 Å². The number of para-hydroxylation sites is 1. The standard InChI is InChI=1S/C20H27N3O3/c1-13-11-15(14-9-7-8-10-16(14)22-13)17(24)23-20(5,6)12-21-18(25)26-19(2,3)4/h7-11H,12H2,1-6H3,(H,21,25)(H,23,24). The SMILES string of the molecule is Cc1cc(C(=O)NC(C)(C)CNC(=O)OC(C)(C)C)c2ccccc2n1. The Morgan fingerprint density at radius 1 is 1.12 bits per heavy atom. The fourth-order valence-electron chi connectivity index (χ4n) is 2.52. The average molecular weight is 357 g/mol. The lowest BCUT2D eigenvalue weighted by Crippen LogP contribution is -2.52. The number of alkyl carbamates (subject to hydrolysis) is 1. The molecule has 0 spiro atoms. The number of hydrogen-bond donors (Lipinski definition) is 2. The van der Waals surface area contributed by atoms with Gasteiger partial charge in [-0.1, -0.05) is 18.2 Å². The summed E-state index contributed by atoms with van der Waals surface area (Å²) in [6, 6.07) is 9.31. The molecule has 1 aromatic heterocycles. The van der Waals surface area contributed by atoms with E-state index < -0.39 is 17.2 Å². The van der Waals surface area contributed by atoms with Gasteiger partial charge in [-0.2, -0.15) is 0 Å². The second-order valence-electron chi connectivity index (χ2n) is 8.02. The van der Waals surface area contributed by atoms with Crippen molar-refractivity contribution < 1.29 is 14.3 Å². The van der Waals surface area contributed by atoms with E-state index >= 15 is 0 Å². The van der Waals surface area contributed by atoms with E-state index in [4.69, 9.17) is 4.74 Å². The third-order valence-corrected chi connectivity index (χ3v) is 3.61. The van der Waals surface area contributed by atoms with Crippen LogP contribution in [0.2, 0.25) is 0 Å². The minimum Gasteiger partial charge on any atom is -0.444 e. The largest absolute Gasteiger partial charge is 0.444 e. The number of aromatic nitrogens is 1. The van der Waals surface area contributed by atoms with Crippen LogP contribution in [0.4, 0.5) is 4.79 Å². The van der Waals surface area contributed by atoms with Crippen LogP contribution in [0.1, 0.15) is 50.7 Å². The highest BCUT2D eigenvalue weighted by atomic mass is 16.6. The number of pyridine rings is 1. The lowest BCUT2D eigenvalue weighted by Gasteiger charge is -2.28. The molecule has 2 aromatic rings. The fourth-order valence-corrected chi connectivity index (χ4v) is 2.52. The molecule has 2 rings (SSSR count). The van der Waals surface area contributed by atoms with E-state index in [1.54, 1.807) is 26.8 Å². The van der Waals surface area contributed by atoms with E-state index in [1.165, 1.54) is 0 Å². The van der Waals surface area contributed by atoms with Gasteiger partial charge in [-0.25, -0.2) is 4.79 Å². The Bertz CT molecular complexity index is 823. The Labute approximate surface area is 154 Å². The van der Waals surface area contributed by atoms with Crippen molar-refractivity contribution >= 4 is 22.9 Å².